The van der Waals surface area contributed by atoms with E-state index < -0.39 is 0 Å². The highest BCUT2D eigenvalue weighted by molar-refractivity contribution is 5.92. The number of ketones is 1. The minimum atomic E-state index is -0.328. The minimum absolute atomic E-state index is 0.148. The van der Waals surface area contributed by atoms with Crippen LogP contribution in [0.4, 0.5) is 0 Å². The Balaban J connectivity index is 1.41. The molecule has 1 aromatic carbocycles. The second kappa shape index (κ2) is 4.96. The molecule has 8 rings (SSSR count). The van der Waals surface area contributed by atoms with E-state index >= 15 is 0 Å². The Kier molecular flexibility index (Phi) is 2.72. The van der Waals surface area contributed by atoms with Crippen molar-refractivity contribution in [1.82, 2.24) is 4.90 Å². The van der Waals surface area contributed by atoms with Crippen molar-refractivity contribution in [1.29, 1.82) is 0 Å². The highest BCUT2D eigenvalue weighted by Crippen LogP contribution is 2.77. The Hall–Kier alpha value is -2.27. The smallest absolute Gasteiger partial charge is 0.174 e. The van der Waals surface area contributed by atoms with Gasteiger partial charge in [0.25, 0.3) is 0 Å². The average molecular weight is 403 g/mol. The van der Waals surface area contributed by atoms with Crippen LogP contribution in [0.25, 0.3) is 11.1 Å². The van der Waals surface area contributed by atoms with Crippen molar-refractivity contribution in [2.24, 2.45) is 11.8 Å². The van der Waals surface area contributed by atoms with E-state index in [1.165, 1.54) is 36.1 Å². The molecule has 2 aromatic rings. The van der Waals surface area contributed by atoms with E-state index in [0.717, 1.165) is 42.4 Å². The van der Waals surface area contributed by atoms with E-state index in [-0.39, 0.29) is 22.7 Å². The summed E-state index contributed by atoms with van der Waals surface area (Å²) < 4.78 is 17.7. The molecule has 5 nitrogen and oxygen atoms in total. The number of nitrogens with zero attached hydrogens (tertiary/aromatic N) is 1. The first-order valence-corrected chi connectivity index (χ1v) is 11.4. The van der Waals surface area contributed by atoms with Crippen molar-refractivity contribution in [3.8, 4) is 22.6 Å². The maximum atomic E-state index is 13.1. The maximum absolute atomic E-state index is 13.1. The van der Waals surface area contributed by atoms with E-state index in [0.29, 0.717) is 18.4 Å². The van der Waals surface area contributed by atoms with Gasteiger partial charge in [0, 0.05) is 47.5 Å². The molecule has 5 heteroatoms. The van der Waals surface area contributed by atoms with Crippen LogP contribution in [0.3, 0.4) is 0 Å². The standard InChI is InChI=1S/C25H25NO4/c1-28-18-8-15(14-6-7-29-10-14)19-20-21(18)30-23-17(27)5-4-16-22-24(19,11-25(16,20)23)12-26(22)9-13-2-3-13/h6-8,10,13,16,22-23H,2-5,9,11-12H2,1H3/t16?,22?,23-,24?,25-/m1/s1. The number of furan rings is 1. The van der Waals surface area contributed by atoms with E-state index in [4.69, 9.17) is 13.9 Å². The quantitative estimate of drug-likeness (QED) is 0.780. The molecule has 0 amide bonds. The zero-order valence-electron chi connectivity index (χ0n) is 17.1. The third-order valence-electron chi connectivity index (χ3n) is 9.24. The van der Waals surface area contributed by atoms with Gasteiger partial charge in [-0.2, -0.15) is 0 Å². The number of fused-ring (bicyclic) bond motifs is 1. The van der Waals surface area contributed by atoms with Crippen molar-refractivity contribution < 1.29 is 18.7 Å². The molecule has 30 heavy (non-hydrogen) atoms. The molecule has 4 aliphatic carbocycles. The van der Waals surface area contributed by atoms with E-state index in [1.54, 1.807) is 13.4 Å². The molecule has 5 atom stereocenters. The summed E-state index contributed by atoms with van der Waals surface area (Å²) in [5, 5.41) is 0. The number of hydrogen-bond acceptors (Lipinski definition) is 5. The van der Waals surface area contributed by atoms with E-state index in [2.05, 4.69) is 11.0 Å². The summed E-state index contributed by atoms with van der Waals surface area (Å²) in [6.07, 6.45) is 8.74. The molecule has 2 bridgehead atoms. The molecule has 0 radical (unpaired) electrons. The van der Waals surface area contributed by atoms with Crippen LogP contribution >= 0.6 is 0 Å². The summed E-state index contributed by atoms with van der Waals surface area (Å²) in [4.78, 5) is 15.9. The normalized spacial score (nSPS) is 39.5. The number of carbonyl (C=O) groups is 1. The van der Waals surface area contributed by atoms with Gasteiger partial charge in [0.15, 0.2) is 23.4 Å². The van der Waals surface area contributed by atoms with Gasteiger partial charge in [-0.3, -0.25) is 9.69 Å². The van der Waals surface area contributed by atoms with E-state index in [9.17, 15) is 4.79 Å². The van der Waals surface area contributed by atoms with E-state index in [1.807, 2.05) is 12.3 Å². The lowest BCUT2D eigenvalue weighted by Crippen LogP contribution is -2.68. The van der Waals surface area contributed by atoms with Crippen LogP contribution in [-0.4, -0.2) is 43.0 Å². The minimum Gasteiger partial charge on any atom is -0.493 e. The fourth-order valence-corrected chi connectivity index (χ4v) is 8.28. The summed E-state index contributed by atoms with van der Waals surface area (Å²) in [6.45, 7) is 2.36. The Morgan fingerprint density at radius 3 is 2.93 bits per heavy atom. The lowest BCUT2D eigenvalue weighted by Gasteiger charge is -2.59. The van der Waals surface area contributed by atoms with Crippen molar-refractivity contribution >= 4 is 5.78 Å². The van der Waals surface area contributed by atoms with Crippen LogP contribution in [0.1, 0.15) is 43.2 Å². The van der Waals surface area contributed by atoms with Gasteiger partial charge in [-0.15, -0.1) is 0 Å². The summed E-state index contributed by atoms with van der Waals surface area (Å²) >= 11 is 0. The van der Waals surface area contributed by atoms with Gasteiger partial charge >= 0.3 is 0 Å². The number of likely N-dealkylation sites (tertiary alicyclic amines) is 1. The molecule has 2 spiro atoms. The van der Waals surface area contributed by atoms with Crippen LogP contribution in [0.15, 0.2) is 29.1 Å². The molecule has 1 saturated heterocycles. The van der Waals surface area contributed by atoms with Crippen LogP contribution in [0, 0.1) is 11.8 Å². The summed E-state index contributed by atoms with van der Waals surface area (Å²) in [5.41, 5.74) is 5.05. The molecule has 6 aliphatic rings. The second-order valence-electron chi connectivity index (χ2n) is 10.5. The van der Waals surface area contributed by atoms with Crippen molar-refractivity contribution in [2.45, 2.75) is 55.1 Å². The molecular weight excluding hydrogens is 378 g/mol. The fraction of sp³-hybridized carbons (Fsp3) is 0.560. The fourth-order valence-electron chi connectivity index (χ4n) is 8.28. The Morgan fingerprint density at radius 1 is 1.27 bits per heavy atom. The highest BCUT2D eigenvalue weighted by atomic mass is 16.5. The largest absolute Gasteiger partial charge is 0.493 e. The predicted molar refractivity (Wildman–Crippen MR) is 109 cm³/mol. The predicted octanol–water partition coefficient (Wildman–Crippen LogP) is 3.68. The molecule has 3 unspecified atom stereocenters. The molecule has 1 aromatic heterocycles. The SMILES string of the molecule is COc1cc(-c2ccoc2)c2c3c1O[C@@H]1C(=O)CCC4C5N(CC6CC6)CC25C[C@]341. The lowest BCUT2D eigenvalue weighted by molar-refractivity contribution is -0.133. The maximum Gasteiger partial charge on any atom is 0.174 e. The first kappa shape index (κ1) is 16.4. The van der Waals surface area contributed by atoms with Crippen LogP contribution < -0.4 is 9.47 Å². The second-order valence-corrected chi connectivity index (χ2v) is 10.5. The third-order valence-corrected chi connectivity index (χ3v) is 9.24. The Labute approximate surface area is 175 Å². The van der Waals surface area contributed by atoms with Gasteiger partial charge in [0.1, 0.15) is 0 Å². The first-order valence-electron chi connectivity index (χ1n) is 11.4. The molecule has 3 heterocycles. The number of ether oxygens (including phenoxy) is 2. The van der Waals surface area contributed by atoms with Crippen molar-refractivity contribution in [3.05, 3.63) is 35.8 Å². The zero-order chi connectivity index (χ0) is 19.8. The van der Waals surface area contributed by atoms with Gasteiger partial charge < -0.3 is 13.9 Å². The Morgan fingerprint density at radius 2 is 2.17 bits per heavy atom. The molecule has 4 fully saturated rings. The number of methoxy groups -OCH3 is 1. The molecule has 154 valence electrons. The molecule has 2 aliphatic heterocycles. The third kappa shape index (κ3) is 1.58. The number of rotatable bonds is 4. The van der Waals surface area contributed by atoms with Crippen molar-refractivity contribution in [3.63, 3.8) is 0 Å². The summed E-state index contributed by atoms with van der Waals surface area (Å²) in [5.74, 6) is 3.30. The van der Waals surface area contributed by atoms with Gasteiger partial charge in [0.05, 0.1) is 19.6 Å². The first-order chi connectivity index (χ1) is 14.7. The van der Waals surface area contributed by atoms with Gasteiger partial charge in [0.2, 0.25) is 0 Å². The zero-order valence-corrected chi connectivity index (χ0v) is 17.1. The van der Waals surface area contributed by atoms with Crippen LogP contribution in [0.5, 0.6) is 11.5 Å². The summed E-state index contributed by atoms with van der Waals surface area (Å²) in [6, 6.07) is 4.72. The Bertz CT molecular complexity index is 1120. The van der Waals surface area contributed by atoms with Gasteiger partial charge in [-0.1, -0.05) is 0 Å². The number of carbonyl (C=O) groups excluding carboxylic acids is 1. The lowest BCUT2D eigenvalue weighted by atomic mass is 9.57. The van der Waals surface area contributed by atoms with Crippen molar-refractivity contribution in [2.75, 3.05) is 20.2 Å². The highest BCUT2D eigenvalue weighted by Gasteiger charge is 2.81. The van der Waals surface area contributed by atoms with Crippen LogP contribution in [-0.2, 0) is 15.6 Å². The average Bonchev–Trinajstić information content (AvgIpc) is 3.11. The molecule has 0 N–H and O–H groups in total. The summed E-state index contributed by atoms with van der Waals surface area (Å²) in [7, 11) is 1.70. The number of benzene rings is 1. The molecular formula is C25H25NO4. The molecule has 3 saturated carbocycles. The van der Waals surface area contributed by atoms with Gasteiger partial charge in [-0.05, 0) is 60.8 Å². The monoisotopic (exact) mass is 403 g/mol. The van der Waals surface area contributed by atoms with Gasteiger partial charge in [-0.25, -0.2) is 0 Å². The number of hydrogen-bond donors (Lipinski definition) is 0. The van der Waals surface area contributed by atoms with Crippen LogP contribution in [0.2, 0.25) is 0 Å². The topological polar surface area (TPSA) is 51.9 Å². The number of Topliss-reactive ketones (excluding diaryl/α,β-unsaturated/α-hetero) is 1.